The molecule has 0 radical (unpaired) electrons. The number of likely N-dealkylation sites (tertiary alicyclic amines) is 1. The standard InChI is InChI=1S/C43H49F2N7O6/c1-7-31-34(44)11-8-26-18-30(57-25-54-5)19-32(35(26)31)37-36(45)38-33(20-46-37)39(51-21-28-9-10-29(22-51)52(28)41(53)58-42(2,3)4)48-40(47-38)56-24-43(14-15-43)23-50-16-12-27(13-17-50)49-55-6/h1,8,11,18-20,28-29H,9-10,12-17,21-25H2,2-6H3. The molecule has 1 aliphatic carbocycles. The average Bonchev–Trinajstić information content (AvgIpc) is 3.91. The number of aromatic nitrogens is 3. The summed E-state index contributed by atoms with van der Waals surface area (Å²) in [5.74, 6) is 1.90. The molecule has 1 amide bonds. The molecule has 2 aromatic heterocycles. The topological polar surface area (TPSA) is 124 Å². The first-order chi connectivity index (χ1) is 27.9. The molecule has 0 spiro atoms. The van der Waals surface area contributed by atoms with Crippen molar-refractivity contribution in [3.8, 4) is 35.4 Å². The van der Waals surface area contributed by atoms with E-state index in [4.69, 9.17) is 40.2 Å². The van der Waals surface area contributed by atoms with Gasteiger partial charge in [0.2, 0.25) is 0 Å². The molecule has 3 aliphatic heterocycles. The van der Waals surface area contributed by atoms with Crippen LogP contribution in [-0.2, 0) is 14.3 Å². The van der Waals surface area contributed by atoms with E-state index in [2.05, 4.69) is 25.9 Å². The predicted molar refractivity (Wildman–Crippen MR) is 215 cm³/mol. The van der Waals surface area contributed by atoms with Crippen molar-refractivity contribution >= 4 is 39.3 Å². The lowest BCUT2D eigenvalue weighted by Gasteiger charge is -2.42. The quantitative estimate of drug-likeness (QED) is 0.0892. The number of terminal acetylenes is 1. The van der Waals surface area contributed by atoms with E-state index in [-0.39, 0.29) is 58.7 Å². The average molecular weight is 798 g/mol. The first kappa shape index (κ1) is 39.5. The van der Waals surface area contributed by atoms with Gasteiger partial charge in [-0.3, -0.25) is 9.88 Å². The van der Waals surface area contributed by atoms with Crippen molar-refractivity contribution in [3.05, 3.63) is 47.7 Å². The zero-order valence-corrected chi connectivity index (χ0v) is 33.6. The van der Waals surface area contributed by atoms with Crippen molar-refractivity contribution in [2.45, 2.75) is 77.0 Å². The van der Waals surface area contributed by atoms with E-state index in [1.165, 1.54) is 19.4 Å². The number of methoxy groups -OCH3 is 1. The van der Waals surface area contributed by atoms with Gasteiger partial charge in [0.05, 0.1) is 35.4 Å². The number of benzene rings is 2. The van der Waals surface area contributed by atoms with Gasteiger partial charge in [-0.15, -0.1) is 6.42 Å². The predicted octanol–water partition coefficient (Wildman–Crippen LogP) is 6.93. The number of oxime groups is 1. The van der Waals surface area contributed by atoms with E-state index in [1.54, 1.807) is 25.3 Å². The third-order valence-corrected chi connectivity index (χ3v) is 11.5. The van der Waals surface area contributed by atoms with Crippen LogP contribution in [0.15, 0.2) is 35.6 Å². The molecule has 0 N–H and O–H groups in total. The van der Waals surface area contributed by atoms with Crippen LogP contribution in [0.5, 0.6) is 11.8 Å². The number of carbonyl (C=O) groups is 1. The van der Waals surface area contributed by atoms with E-state index < -0.39 is 17.2 Å². The number of anilines is 1. The van der Waals surface area contributed by atoms with Gasteiger partial charge < -0.3 is 33.6 Å². The summed E-state index contributed by atoms with van der Waals surface area (Å²) < 4.78 is 55.7. The van der Waals surface area contributed by atoms with Crippen LogP contribution in [0.1, 0.15) is 64.9 Å². The summed E-state index contributed by atoms with van der Waals surface area (Å²) in [6, 6.07) is 5.88. The van der Waals surface area contributed by atoms with Crippen LogP contribution in [0.2, 0.25) is 0 Å². The number of hydrogen-bond acceptors (Lipinski definition) is 12. The fraction of sp³-hybridized carbons (Fsp3) is 0.512. The number of pyridine rings is 1. The van der Waals surface area contributed by atoms with Crippen molar-refractivity contribution in [2.75, 3.05) is 65.2 Å². The van der Waals surface area contributed by atoms with Gasteiger partial charge in [-0.05, 0) is 70.0 Å². The third kappa shape index (κ3) is 7.92. The first-order valence-corrected chi connectivity index (χ1v) is 19.8. The van der Waals surface area contributed by atoms with Crippen molar-refractivity contribution < 1.29 is 37.4 Å². The molecule has 4 aliphatic rings. The number of ether oxygens (including phenoxy) is 4. The maximum Gasteiger partial charge on any atom is 0.410 e. The smallest absolute Gasteiger partial charge is 0.410 e. The number of rotatable bonds is 11. The fourth-order valence-electron chi connectivity index (χ4n) is 8.56. The Morgan fingerprint density at radius 1 is 1.05 bits per heavy atom. The number of nitrogens with zero attached hydrogens (tertiary/aromatic N) is 7. The van der Waals surface area contributed by atoms with E-state index in [0.29, 0.717) is 47.4 Å². The largest absolute Gasteiger partial charge is 0.468 e. The Morgan fingerprint density at radius 2 is 1.79 bits per heavy atom. The fourth-order valence-corrected chi connectivity index (χ4v) is 8.56. The van der Waals surface area contributed by atoms with Crippen molar-refractivity contribution in [1.29, 1.82) is 0 Å². The highest BCUT2D eigenvalue weighted by atomic mass is 19.1. The van der Waals surface area contributed by atoms with Gasteiger partial charge in [0, 0.05) is 75.2 Å². The Labute approximate surface area is 336 Å². The number of amides is 1. The molecule has 58 heavy (non-hydrogen) atoms. The molecule has 2 aromatic carbocycles. The number of fused-ring (bicyclic) bond motifs is 4. The van der Waals surface area contributed by atoms with Gasteiger partial charge in [-0.1, -0.05) is 17.1 Å². The van der Waals surface area contributed by atoms with Crippen molar-refractivity contribution in [3.63, 3.8) is 0 Å². The molecule has 8 rings (SSSR count). The highest BCUT2D eigenvalue weighted by Crippen LogP contribution is 2.47. The molecule has 15 heteroatoms. The maximum absolute atomic E-state index is 17.4. The Balaban J connectivity index is 1.18. The second kappa shape index (κ2) is 15.8. The second-order valence-corrected chi connectivity index (χ2v) is 16.8. The summed E-state index contributed by atoms with van der Waals surface area (Å²) in [7, 11) is 3.06. The summed E-state index contributed by atoms with van der Waals surface area (Å²) in [5.41, 5.74) is 0.469. The monoisotopic (exact) mass is 797 g/mol. The first-order valence-electron chi connectivity index (χ1n) is 19.8. The van der Waals surface area contributed by atoms with E-state index in [1.807, 2.05) is 25.7 Å². The van der Waals surface area contributed by atoms with Crippen LogP contribution in [0.4, 0.5) is 19.4 Å². The number of carbonyl (C=O) groups excluding carboxylic acids is 1. The summed E-state index contributed by atoms with van der Waals surface area (Å²) in [6.45, 7) is 9.39. The van der Waals surface area contributed by atoms with Crippen LogP contribution < -0.4 is 14.4 Å². The lowest BCUT2D eigenvalue weighted by molar-refractivity contribution is 0.0122. The normalized spacial score (nSPS) is 20.3. The van der Waals surface area contributed by atoms with E-state index in [0.717, 1.165) is 63.9 Å². The zero-order valence-electron chi connectivity index (χ0n) is 33.6. The van der Waals surface area contributed by atoms with Gasteiger partial charge in [-0.25, -0.2) is 13.6 Å². The molecule has 2 bridgehead atoms. The minimum atomic E-state index is -0.748. The number of piperazine rings is 1. The maximum atomic E-state index is 17.4. The Morgan fingerprint density at radius 3 is 2.45 bits per heavy atom. The molecule has 2 atom stereocenters. The van der Waals surface area contributed by atoms with Crippen LogP contribution in [0, 0.1) is 29.4 Å². The Hall–Kier alpha value is -5.33. The van der Waals surface area contributed by atoms with Crippen LogP contribution in [-0.4, -0.2) is 115 Å². The third-order valence-electron chi connectivity index (χ3n) is 11.5. The van der Waals surface area contributed by atoms with Gasteiger partial charge in [-0.2, -0.15) is 9.97 Å². The molecular formula is C43H49F2N7O6. The number of halogens is 2. The summed E-state index contributed by atoms with van der Waals surface area (Å²) in [5, 5.41) is 5.37. The van der Waals surface area contributed by atoms with Crippen molar-refractivity contribution in [2.24, 2.45) is 10.6 Å². The summed E-state index contributed by atoms with van der Waals surface area (Å²) in [4.78, 5) is 38.9. The van der Waals surface area contributed by atoms with Crippen molar-refractivity contribution in [1.82, 2.24) is 24.8 Å². The zero-order chi connectivity index (χ0) is 40.8. The highest BCUT2D eigenvalue weighted by molar-refractivity contribution is 6.03. The van der Waals surface area contributed by atoms with Gasteiger partial charge in [0.15, 0.2) is 12.6 Å². The molecule has 3 saturated heterocycles. The molecular weight excluding hydrogens is 749 g/mol. The molecule has 2 unspecified atom stereocenters. The molecule has 4 aromatic rings. The molecule has 4 fully saturated rings. The summed E-state index contributed by atoms with van der Waals surface area (Å²) >= 11 is 0. The van der Waals surface area contributed by atoms with Gasteiger partial charge in [0.25, 0.3) is 0 Å². The van der Waals surface area contributed by atoms with Crippen LogP contribution in [0.3, 0.4) is 0 Å². The lowest BCUT2D eigenvalue weighted by Crippen LogP contribution is -2.57. The lowest BCUT2D eigenvalue weighted by atomic mass is 9.95. The second-order valence-electron chi connectivity index (χ2n) is 16.8. The van der Waals surface area contributed by atoms with Gasteiger partial charge >= 0.3 is 12.1 Å². The van der Waals surface area contributed by atoms with Gasteiger partial charge in [0.1, 0.15) is 41.3 Å². The van der Waals surface area contributed by atoms with Crippen LogP contribution in [0.25, 0.3) is 32.9 Å². The molecule has 5 heterocycles. The van der Waals surface area contributed by atoms with Crippen LogP contribution >= 0.6 is 0 Å². The minimum absolute atomic E-state index is 0.00669. The summed E-state index contributed by atoms with van der Waals surface area (Å²) in [6.07, 6.45) is 12.3. The SMILES string of the molecule is C#Cc1c(F)ccc2cc(OCOC)cc(-c3ncc4c(N5CC6CCC(C5)N6C(=O)OC(C)(C)C)nc(OCC5(CN6CCC(=NOC)CC6)CC5)nc4c3F)c12. The Bertz CT molecular complexity index is 2280. The highest BCUT2D eigenvalue weighted by Gasteiger charge is 2.47. The number of piperidine rings is 1. The van der Waals surface area contributed by atoms with E-state index in [9.17, 15) is 4.79 Å². The molecule has 13 nitrogen and oxygen atoms in total. The minimum Gasteiger partial charge on any atom is -0.468 e. The number of hydrogen-bond donors (Lipinski definition) is 0. The molecule has 1 saturated carbocycles. The molecule has 306 valence electrons. The van der Waals surface area contributed by atoms with E-state index >= 15 is 8.78 Å². The Kier molecular flexibility index (Phi) is 10.7.